The van der Waals surface area contributed by atoms with E-state index >= 15 is 8.78 Å². The molecular weight excluding hydrogens is 957 g/mol. The Labute approximate surface area is 402 Å². The van der Waals surface area contributed by atoms with Gasteiger partial charge in [0.05, 0.1) is 46.0 Å². The molecule has 3 saturated heterocycles. The summed E-state index contributed by atoms with van der Waals surface area (Å²) in [5, 5.41) is 13.5. The van der Waals surface area contributed by atoms with Crippen molar-refractivity contribution < 1.29 is 32.5 Å². The number of pyridine rings is 1. The molecule has 3 aromatic carbocycles. The van der Waals surface area contributed by atoms with Crippen molar-refractivity contribution in [1.29, 1.82) is 0 Å². The number of piperazine rings is 1. The molecule has 4 N–H and O–H groups in total. The van der Waals surface area contributed by atoms with Crippen LogP contribution in [0.4, 0.5) is 43.3 Å². The lowest BCUT2D eigenvalue weighted by molar-refractivity contribution is -0.139. The van der Waals surface area contributed by atoms with E-state index in [0.29, 0.717) is 65.0 Å². The van der Waals surface area contributed by atoms with E-state index in [1.807, 2.05) is 29.2 Å². The van der Waals surface area contributed by atoms with Crippen LogP contribution in [-0.2, 0) is 25.4 Å². The molecule has 15 nitrogen and oxygen atoms in total. The fourth-order valence-corrected chi connectivity index (χ4v) is 11.7. The molecule has 1 unspecified atom stereocenters. The van der Waals surface area contributed by atoms with Crippen molar-refractivity contribution in [3.05, 3.63) is 88.2 Å². The number of amides is 3. The van der Waals surface area contributed by atoms with Crippen molar-refractivity contribution in [3.8, 4) is 5.75 Å². The zero-order valence-electron chi connectivity index (χ0n) is 38.6. The van der Waals surface area contributed by atoms with E-state index in [4.69, 9.17) is 9.72 Å². The number of hydrogen-bond donors (Lipinski definition) is 4. The molecule has 1 atom stereocenters. The van der Waals surface area contributed by atoms with Crippen LogP contribution in [0.1, 0.15) is 62.5 Å². The number of carbonyl (C=O) groups excluding carboxylic acids is 3. The van der Waals surface area contributed by atoms with Gasteiger partial charge in [0.2, 0.25) is 23.7 Å². The lowest BCUT2D eigenvalue weighted by atomic mass is 9.89. The third kappa shape index (κ3) is 9.77. The summed E-state index contributed by atoms with van der Waals surface area (Å²) in [6.45, 7) is 10.4. The number of anilines is 6. The van der Waals surface area contributed by atoms with E-state index in [0.717, 1.165) is 85.4 Å². The third-order valence-corrected chi connectivity index (χ3v) is 16.0. The second-order valence-corrected chi connectivity index (χ2v) is 22.6. The van der Waals surface area contributed by atoms with Gasteiger partial charge in [0, 0.05) is 98.2 Å². The zero-order chi connectivity index (χ0) is 47.9. The minimum atomic E-state index is -2.74. The molecule has 68 heavy (non-hydrogen) atoms. The summed E-state index contributed by atoms with van der Waals surface area (Å²) in [5.41, 5.74) is 3.65. The van der Waals surface area contributed by atoms with Gasteiger partial charge in [0.25, 0.3) is 0 Å². The molecule has 1 aliphatic carbocycles. The molecule has 9 rings (SSSR count). The minimum Gasteiger partial charge on any atom is -0.494 e. The van der Waals surface area contributed by atoms with Gasteiger partial charge < -0.3 is 35.1 Å². The molecule has 3 amide bonds. The normalized spacial score (nSPS) is 18.9. The number of piperidine rings is 2. The van der Waals surface area contributed by atoms with E-state index in [1.54, 1.807) is 32.8 Å². The summed E-state index contributed by atoms with van der Waals surface area (Å²) in [7, 11) is -1.08. The molecule has 5 heterocycles. The maximum Gasteiger partial charge on any atom is 0.234 e. The summed E-state index contributed by atoms with van der Waals surface area (Å²) in [5.74, 6) is -2.36. The van der Waals surface area contributed by atoms with Crippen LogP contribution in [0.2, 0.25) is 0 Å². The first-order chi connectivity index (χ1) is 32.6. The van der Waals surface area contributed by atoms with Gasteiger partial charge in [-0.1, -0.05) is 25.1 Å². The van der Waals surface area contributed by atoms with Gasteiger partial charge in [-0.3, -0.25) is 29.6 Å². The Morgan fingerprint density at radius 3 is 2.32 bits per heavy atom. The van der Waals surface area contributed by atoms with Crippen molar-refractivity contribution in [3.63, 3.8) is 0 Å². The number of fused-ring (bicyclic) bond motifs is 1. The van der Waals surface area contributed by atoms with E-state index in [9.17, 15) is 18.9 Å². The molecule has 4 fully saturated rings. The highest BCUT2D eigenvalue weighted by molar-refractivity contribution is 9.10. The van der Waals surface area contributed by atoms with E-state index < -0.39 is 41.9 Å². The average molecular weight is 1010 g/mol. The van der Waals surface area contributed by atoms with Crippen molar-refractivity contribution in [2.75, 3.05) is 87.1 Å². The fourth-order valence-electron chi connectivity index (χ4n) is 9.99. The number of nitrogens with zero attached hydrogens (tertiary/aromatic N) is 6. The van der Waals surface area contributed by atoms with Gasteiger partial charge in [0.1, 0.15) is 30.3 Å². The monoisotopic (exact) mass is 1010 g/mol. The Kier molecular flexibility index (Phi) is 13.5. The van der Waals surface area contributed by atoms with E-state index in [2.05, 4.69) is 76.0 Å². The Hall–Kier alpha value is -5.71. The van der Waals surface area contributed by atoms with Crippen LogP contribution >= 0.6 is 23.1 Å². The number of benzene rings is 3. The first-order valence-corrected chi connectivity index (χ1v) is 26.6. The number of halogens is 3. The number of nitrogens with one attached hydrogen (secondary N) is 4. The Bertz CT molecular complexity index is 2810. The second kappa shape index (κ2) is 19.4. The summed E-state index contributed by atoms with van der Waals surface area (Å²) in [4.78, 5) is 58.5. The lowest BCUT2D eigenvalue weighted by Gasteiger charge is -2.44. The number of aromatic nitrogens is 3. The van der Waals surface area contributed by atoms with Crippen molar-refractivity contribution in [1.82, 2.24) is 30.1 Å². The molecule has 3 aliphatic heterocycles. The second-order valence-electron chi connectivity index (χ2n) is 18.6. The maximum atomic E-state index is 15.2. The van der Waals surface area contributed by atoms with Crippen LogP contribution in [0, 0.1) is 17.0 Å². The molecule has 2 aromatic heterocycles. The predicted molar refractivity (Wildman–Crippen MR) is 265 cm³/mol. The van der Waals surface area contributed by atoms with Gasteiger partial charge in [-0.15, -0.1) is 0 Å². The highest BCUT2D eigenvalue weighted by Gasteiger charge is 2.52. The number of carbonyl (C=O) groups is 3. The maximum absolute atomic E-state index is 15.2. The first kappa shape index (κ1) is 47.4. The highest BCUT2D eigenvalue weighted by Crippen LogP contribution is 2.48. The van der Waals surface area contributed by atoms with Gasteiger partial charge in [-0.25, -0.2) is 13.8 Å². The van der Waals surface area contributed by atoms with Crippen LogP contribution in [0.5, 0.6) is 5.75 Å². The van der Waals surface area contributed by atoms with Crippen LogP contribution in [0.3, 0.4) is 0 Å². The number of para-hydroxylation sites is 1. The minimum absolute atomic E-state index is 0.0192. The van der Waals surface area contributed by atoms with Crippen LogP contribution in [-0.4, -0.2) is 115 Å². The summed E-state index contributed by atoms with van der Waals surface area (Å²) < 4.78 is 50.5. The van der Waals surface area contributed by atoms with E-state index in [1.165, 1.54) is 0 Å². The predicted octanol–water partition coefficient (Wildman–Crippen LogP) is 7.90. The molecule has 4 aliphatic rings. The number of rotatable bonds is 14. The number of imide groups is 1. The van der Waals surface area contributed by atoms with Crippen LogP contribution in [0.25, 0.3) is 10.9 Å². The number of hydrogen-bond acceptors (Lipinski definition) is 13. The average Bonchev–Trinajstić information content (AvgIpc) is 4.13. The highest BCUT2D eigenvalue weighted by atomic mass is 79.9. The summed E-state index contributed by atoms with van der Waals surface area (Å²) in [6, 6.07) is 14.6. The SMILES string of the molecule is CCc1cc(Nc2ncc(Br)c(Nc3cnc4ccccc4c3P(C)(C)=O)n2)c(OC)cc1N1CCC(N2CCN(C(=O)C3(CNc4cc(F)c(C5CCC(=O)NC5=O)c(F)c4)CC3)CC2)CC1. The Balaban J connectivity index is 0.794. The largest absolute Gasteiger partial charge is 0.494 e. The summed E-state index contributed by atoms with van der Waals surface area (Å²) >= 11 is 3.59. The molecule has 358 valence electrons. The van der Waals surface area contributed by atoms with Crippen molar-refractivity contribution in [2.24, 2.45) is 5.41 Å². The Morgan fingerprint density at radius 2 is 1.66 bits per heavy atom. The number of methoxy groups -OCH3 is 1. The molecule has 0 radical (unpaired) electrons. The molecule has 1 saturated carbocycles. The molecule has 0 spiro atoms. The Morgan fingerprint density at radius 1 is 0.941 bits per heavy atom. The van der Waals surface area contributed by atoms with Gasteiger partial charge >= 0.3 is 0 Å². The standard InChI is InChI=1S/C49H56BrF2N10O5P/c1-5-29-22-38(57-48-54-26-34(50)45(59-48)56-39-27-53-37-9-7-6-8-32(37)44(39)68(3,4)66)41(67-2)25-40(29)61-16-12-31(13-17-61)60-18-20-62(21-19-60)47(65)49(14-15-49)28-55-30-23-35(51)43(36(52)24-30)33-10-11-42(63)58-46(33)64/h6-9,22-27,31,33,55H,5,10-21,28H2,1-4H3,(H,58,63,64)(H2,54,56,57,59). The third-order valence-electron chi connectivity index (χ3n) is 13.8. The fraction of sp³-hybridized carbons (Fsp3) is 0.429. The van der Waals surface area contributed by atoms with Gasteiger partial charge in [0.15, 0.2) is 0 Å². The van der Waals surface area contributed by atoms with E-state index in [-0.39, 0.29) is 36.5 Å². The van der Waals surface area contributed by atoms with Crippen molar-refractivity contribution >= 4 is 91.5 Å². The molecule has 0 bridgehead atoms. The van der Waals surface area contributed by atoms with Gasteiger partial charge in [-0.2, -0.15) is 4.98 Å². The molecular formula is C49H56BrF2N10O5P. The topological polar surface area (TPSA) is 174 Å². The molecule has 5 aromatic rings. The van der Waals surface area contributed by atoms with Gasteiger partial charge in [-0.05, 0) is 97.6 Å². The quantitative estimate of drug-likeness (QED) is 0.0625. The smallest absolute Gasteiger partial charge is 0.234 e. The molecule has 19 heteroatoms. The first-order valence-electron chi connectivity index (χ1n) is 23.2. The van der Waals surface area contributed by atoms with Crippen LogP contribution < -0.4 is 36.2 Å². The zero-order valence-corrected chi connectivity index (χ0v) is 41.1. The number of ether oxygens (including phenoxy) is 1. The number of aryl methyl sites for hydroxylation is 1. The van der Waals surface area contributed by atoms with Crippen LogP contribution in [0.15, 0.2) is 65.4 Å². The summed E-state index contributed by atoms with van der Waals surface area (Å²) in [6.07, 6.45) is 7.58. The van der Waals surface area contributed by atoms with Crippen molar-refractivity contribution in [2.45, 2.75) is 63.8 Å². The lowest BCUT2D eigenvalue weighted by Crippen LogP contribution is -2.55.